The van der Waals surface area contributed by atoms with Gasteiger partial charge in [-0.25, -0.2) is 0 Å². The summed E-state index contributed by atoms with van der Waals surface area (Å²) in [7, 11) is 0. The Bertz CT molecular complexity index is 1040. The van der Waals surface area contributed by atoms with Gasteiger partial charge in [0.25, 0.3) is 5.91 Å². The average Bonchev–Trinajstić information content (AvgIpc) is 3.25. The van der Waals surface area contributed by atoms with Crippen LogP contribution in [0.3, 0.4) is 0 Å². The molecule has 3 aromatic rings. The molecule has 1 saturated heterocycles. The third-order valence-electron chi connectivity index (χ3n) is 5.53. The molecule has 1 aliphatic heterocycles. The van der Waals surface area contributed by atoms with Crippen LogP contribution in [0.2, 0.25) is 5.02 Å². The molecule has 0 radical (unpaired) electrons. The van der Waals surface area contributed by atoms with Crippen LogP contribution in [-0.4, -0.2) is 41.9 Å². The Morgan fingerprint density at radius 3 is 2.42 bits per heavy atom. The number of halogens is 1. The van der Waals surface area contributed by atoms with Gasteiger partial charge in [0.1, 0.15) is 12.4 Å². The Labute approximate surface area is 193 Å². The van der Waals surface area contributed by atoms with E-state index in [1.165, 1.54) is 22.5 Å². The van der Waals surface area contributed by atoms with Crippen molar-refractivity contribution < 1.29 is 9.53 Å². The largest absolute Gasteiger partial charge is 0.487 e. The van der Waals surface area contributed by atoms with Crippen LogP contribution < -0.4 is 4.74 Å². The first-order valence-corrected chi connectivity index (χ1v) is 11.8. The van der Waals surface area contributed by atoms with E-state index in [0.29, 0.717) is 17.4 Å². The van der Waals surface area contributed by atoms with Crippen LogP contribution >= 0.6 is 22.9 Å². The highest BCUT2D eigenvalue weighted by Crippen LogP contribution is 2.27. The van der Waals surface area contributed by atoms with Crippen molar-refractivity contribution in [2.75, 3.05) is 26.2 Å². The van der Waals surface area contributed by atoms with Gasteiger partial charge in [0.05, 0.1) is 9.90 Å². The van der Waals surface area contributed by atoms with Crippen LogP contribution in [0.4, 0.5) is 0 Å². The summed E-state index contributed by atoms with van der Waals surface area (Å²) < 4.78 is 5.86. The zero-order valence-corrected chi connectivity index (χ0v) is 19.5. The first kappa shape index (κ1) is 21.9. The second kappa shape index (κ2) is 9.86. The number of rotatable bonds is 6. The summed E-state index contributed by atoms with van der Waals surface area (Å²) in [5, 5.41) is 2.59. The minimum atomic E-state index is 0.111. The highest BCUT2D eigenvalue weighted by Gasteiger charge is 2.23. The van der Waals surface area contributed by atoms with Gasteiger partial charge >= 0.3 is 0 Å². The fourth-order valence-electron chi connectivity index (χ4n) is 3.66. The fraction of sp³-hybridized carbons (Fsp3) is 0.320. The van der Waals surface area contributed by atoms with Gasteiger partial charge in [-0.1, -0.05) is 47.5 Å². The van der Waals surface area contributed by atoms with Crippen molar-refractivity contribution in [2.45, 2.75) is 27.0 Å². The van der Waals surface area contributed by atoms with E-state index in [1.54, 1.807) is 0 Å². The highest BCUT2D eigenvalue weighted by molar-refractivity contribution is 7.12. The van der Waals surface area contributed by atoms with Crippen LogP contribution in [0.25, 0.3) is 0 Å². The SMILES string of the molecule is Cc1ccc(CN2CCN(C(=O)c3cc(COc4cc(C)ccc4Cl)cs3)CC2)cc1. The molecule has 2 heterocycles. The van der Waals surface area contributed by atoms with Crippen molar-refractivity contribution in [3.63, 3.8) is 0 Å². The van der Waals surface area contributed by atoms with E-state index in [9.17, 15) is 4.79 Å². The Morgan fingerprint density at radius 1 is 0.968 bits per heavy atom. The Balaban J connectivity index is 1.29. The summed E-state index contributed by atoms with van der Waals surface area (Å²) in [4.78, 5) is 18.1. The van der Waals surface area contributed by atoms with Crippen LogP contribution in [-0.2, 0) is 13.2 Å². The van der Waals surface area contributed by atoms with E-state index in [2.05, 4.69) is 36.1 Å². The molecule has 4 nitrogen and oxygen atoms in total. The number of benzene rings is 2. The first-order chi connectivity index (χ1) is 15.0. The molecule has 162 valence electrons. The Kier molecular flexibility index (Phi) is 6.96. The topological polar surface area (TPSA) is 32.8 Å². The fourth-order valence-corrected chi connectivity index (χ4v) is 4.70. The lowest BCUT2D eigenvalue weighted by atomic mass is 10.1. The van der Waals surface area contributed by atoms with Gasteiger partial charge in [0.2, 0.25) is 0 Å². The number of carbonyl (C=O) groups is 1. The molecule has 2 aromatic carbocycles. The maximum atomic E-state index is 12.9. The molecular weight excluding hydrogens is 428 g/mol. The number of nitrogens with zero attached hydrogens (tertiary/aromatic N) is 2. The van der Waals surface area contributed by atoms with Crippen molar-refractivity contribution in [1.29, 1.82) is 0 Å². The van der Waals surface area contributed by atoms with Gasteiger partial charge in [-0.05, 0) is 48.6 Å². The number of aryl methyl sites for hydroxylation is 2. The number of hydrogen-bond donors (Lipinski definition) is 0. The number of amides is 1. The van der Waals surface area contributed by atoms with Gasteiger partial charge in [-0.2, -0.15) is 0 Å². The summed E-state index contributed by atoms with van der Waals surface area (Å²) in [6.07, 6.45) is 0. The van der Waals surface area contributed by atoms with Crippen molar-refractivity contribution in [3.8, 4) is 5.75 Å². The molecule has 31 heavy (non-hydrogen) atoms. The average molecular weight is 455 g/mol. The van der Waals surface area contributed by atoms with Crippen molar-refractivity contribution in [2.24, 2.45) is 0 Å². The predicted octanol–water partition coefficient (Wildman–Crippen LogP) is 5.56. The van der Waals surface area contributed by atoms with E-state index in [0.717, 1.165) is 48.7 Å². The second-order valence-corrected chi connectivity index (χ2v) is 9.41. The molecule has 6 heteroatoms. The zero-order valence-electron chi connectivity index (χ0n) is 17.9. The third-order valence-corrected chi connectivity index (χ3v) is 6.81. The van der Waals surface area contributed by atoms with Crippen molar-refractivity contribution >= 4 is 28.8 Å². The standard InChI is InChI=1S/C25H27ClN2O2S/c1-18-3-6-20(7-4-18)15-27-9-11-28(12-10-27)25(29)24-14-21(17-31-24)16-30-23-13-19(2)5-8-22(23)26/h3-8,13-14,17H,9-12,15-16H2,1-2H3. The van der Waals surface area contributed by atoms with Crippen LogP contribution in [0.1, 0.15) is 31.9 Å². The maximum absolute atomic E-state index is 12.9. The number of carbonyl (C=O) groups excluding carboxylic acids is 1. The molecule has 0 atom stereocenters. The van der Waals surface area contributed by atoms with Gasteiger partial charge in [0, 0.05) is 38.3 Å². The third kappa shape index (κ3) is 5.67. The number of hydrogen-bond acceptors (Lipinski definition) is 4. The molecule has 1 amide bonds. The van der Waals surface area contributed by atoms with Gasteiger partial charge in [-0.15, -0.1) is 11.3 Å². The van der Waals surface area contributed by atoms with Crippen LogP contribution in [0, 0.1) is 13.8 Å². The monoisotopic (exact) mass is 454 g/mol. The Morgan fingerprint density at radius 2 is 1.68 bits per heavy atom. The lowest BCUT2D eigenvalue weighted by Crippen LogP contribution is -2.48. The highest BCUT2D eigenvalue weighted by atomic mass is 35.5. The molecule has 0 aliphatic carbocycles. The summed E-state index contributed by atoms with van der Waals surface area (Å²) in [5.41, 5.74) is 4.69. The summed E-state index contributed by atoms with van der Waals surface area (Å²) in [5.74, 6) is 0.783. The van der Waals surface area contributed by atoms with E-state index in [4.69, 9.17) is 16.3 Å². The minimum absolute atomic E-state index is 0.111. The smallest absolute Gasteiger partial charge is 0.264 e. The van der Waals surface area contributed by atoms with Gasteiger partial charge in [-0.3, -0.25) is 9.69 Å². The molecule has 0 spiro atoms. The zero-order chi connectivity index (χ0) is 21.8. The van der Waals surface area contributed by atoms with E-state index in [-0.39, 0.29) is 5.91 Å². The van der Waals surface area contributed by atoms with Crippen molar-refractivity contribution in [1.82, 2.24) is 9.80 Å². The molecule has 4 rings (SSSR count). The first-order valence-electron chi connectivity index (χ1n) is 10.5. The number of thiophene rings is 1. The molecular formula is C25H27ClN2O2S. The van der Waals surface area contributed by atoms with E-state index in [1.807, 2.05) is 41.5 Å². The van der Waals surface area contributed by atoms with E-state index >= 15 is 0 Å². The van der Waals surface area contributed by atoms with Crippen molar-refractivity contribution in [3.05, 3.63) is 86.1 Å². The normalized spacial score (nSPS) is 14.6. The Hall–Kier alpha value is -2.34. The lowest BCUT2D eigenvalue weighted by molar-refractivity contribution is 0.0633. The number of ether oxygens (including phenoxy) is 1. The van der Waals surface area contributed by atoms with Crippen LogP contribution in [0.15, 0.2) is 53.9 Å². The molecule has 0 N–H and O–H groups in total. The molecule has 1 aromatic heterocycles. The minimum Gasteiger partial charge on any atom is -0.487 e. The predicted molar refractivity (Wildman–Crippen MR) is 127 cm³/mol. The summed E-state index contributed by atoms with van der Waals surface area (Å²) in [6.45, 7) is 8.75. The van der Waals surface area contributed by atoms with Gasteiger partial charge < -0.3 is 9.64 Å². The van der Waals surface area contributed by atoms with E-state index < -0.39 is 0 Å². The molecule has 0 unspecified atom stereocenters. The molecule has 0 bridgehead atoms. The second-order valence-electron chi connectivity index (χ2n) is 8.10. The quantitative estimate of drug-likeness (QED) is 0.489. The maximum Gasteiger partial charge on any atom is 0.264 e. The van der Waals surface area contributed by atoms with Crippen LogP contribution in [0.5, 0.6) is 5.75 Å². The molecule has 0 saturated carbocycles. The van der Waals surface area contributed by atoms with Gasteiger partial charge in [0.15, 0.2) is 0 Å². The number of piperazine rings is 1. The molecule has 1 fully saturated rings. The summed E-state index contributed by atoms with van der Waals surface area (Å²) >= 11 is 7.68. The molecule has 1 aliphatic rings. The lowest BCUT2D eigenvalue weighted by Gasteiger charge is -2.34. The summed E-state index contributed by atoms with van der Waals surface area (Å²) in [6, 6.07) is 16.3.